The van der Waals surface area contributed by atoms with Gasteiger partial charge in [0, 0.05) is 18.6 Å². The zero-order valence-corrected chi connectivity index (χ0v) is 18.0. The molecule has 12 heteroatoms. The number of pyridine rings is 2. The fourth-order valence-electron chi connectivity index (χ4n) is 2.88. The van der Waals surface area contributed by atoms with Crippen molar-refractivity contribution in [2.24, 2.45) is 15.3 Å². The van der Waals surface area contributed by atoms with Crippen molar-refractivity contribution in [2.45, 2.75) is 17.9 Å². The Morgan fingerprint density at radius 2 is 1.85 bits per heavy atom. The van der Waals surface area contributed by atoms with Crippen LogP contribution in [0, 0.1) is 0 Å². The molecule has 1 unspecified atom stereocenters. The standard InChI is InChI=1S/C21H17N7O4S/c1-14-19(21(30)28(26-14)20(29)15-5-4-11-22-13-15)25-24-16-7-9-17(10-8-16)33(31,32)27-18-6-2-3-12-23-18/h2-13,19H,1H3,(H,23,27). The molecule has 4 rings (SSSR count). The minimum atomic E-state index is -3.83. The molecule has 0 spiro atoms. The van der Waals surface area contributed by atoms with Crippen LogP contribution in [-0.2, 0) is 14.8 Å². The van der Waals surface area contributed by atoms with E-state index in [1.54, 1.807) is 25.1 Å². The van der Waals surface area contributed by atoms with Crippen LogP contribution in [0.15, 0.2) is 93.4 Å². The van der Waals surface area contributed by atoms with Crippen LogP contribution >= 0.6 is 0 Å². The maximum absolute atomic E-state index is 12.6. The summed E-state index contributed by atoms with van der Waals surface area (Å²) in [6.07, 6.45) is 4.33. The average molecular weight is 463 g/mol. The first-order valence-corrected chi connectivity index (χ1v) is 11.1. The van der Waals surface area contributed by atoms with E-state index in [9.17, 15) is 18.0 Å². The van der Waals surface area contributed by atoms with Gasteiger partial charge in [-0.3, -0.25) is 19.3 Å². The quantitative estimate of drug-likeness (QED) is 0.439. The number of benzene rings is 1. The predicted molar refractivity (Wildman–Crippen MR) is 118 cm³/mol. The second kappa shape index (κ2) is 9.04. The minimum Gasteiger partial charge on any atom is -0.269 e. The lowest BCUT2D eigenvalue weighted by molar-refractivity contribution is -0.127. The summed E-state index contributed by atoms with van der Waals surface area (Å²) < 4.78 is 27.3. The van der Waals surface area contributed by atoms with Crippen LogP contribution in [0.1, 0.15) is 17.3 Å². The number of carbonyl (C=O) groups excluding carboxylic acids is 2. The molecule has 0 radical (unpaired) electrons. The van der Waals surface area contributed by atoms with Gasteiger partial charge in [-0.25, -0.2) is 13.4 Å². The molecule has 1 aliphatic rings. The van der Waals surface area contributed by atoms with E-state index in [-0.39, 0.29) is 16.3 Å². The Labute approximate surface area is 189 Å². The zero-order chi connectivity index (χ0) is 23.4. The van der Waals surface area contributed by atoms with Crippen LogP contribution in [0.4, 0.5) is 11.5 Å². The summed E-state index contributed by atoms with van der Waals surface area (Å²) in [6.45, 7) is 1.57. The molecule has 2 aromatic heterocycles. The number of amides is 2. The van der Waals surface area contributed by atoms with Crippen molar-refractivity contribution in [3.63, 3.8) is 0 Å². The number of anilines is 1. The van der Waals surface area contributed by atoms with Gasteiger partial charge in [-0.2, -0.15) is 20.3 Å². The van der Waals surface area contributed by atoms with E-state index in [1.165, 1.54) is 55.0 Å². The first-order valence-electron chi connectivity index (χ1n) is 9.63. The number of rotatable bonds is 6. The first-order chi connectivity index (χ1) is 15.8. The van der Waals surface area contributed by atoms with E-state index < -0.39 is 27.9 Å². The lowest BCUT2D eigenvalue weighted by Crippen LogP contribution is -2.34. The van der Waals surface area contributed by atoms with Gasteiger partial charge in [-0.15, -0.1) is 0 Å². The molecule has 1 aliphatic heterocycles. The zero-order valence-electron chi connectivity index (χ0n) is 17.2. The third kappa shape index (κ3) is 4.80. The number of nitrogens with one attached hydrogen (secondary N) is 1. The monoisotopic (exact) mass is 463 g/mol. The van der Waals surface area contributed by atoms with Crippen molar-refractivity contribution in [1.82, 2.24) is 15.0 Å². The minimum absolute atomic E-state index is 0.00929. The van der Waals surface area contributed by atoms with Crippen molar-refractivity contribution >= 4 is 39.1 Å². The van der Waals surface area contributed by atoms with E-state index in [2.05, 4.69) is 30.0 Å². The molecule has 0 saturated carbocycles. The fourth-order valence-corrected chi connectivity index (χ4v) is 3.89. The summed E-state index contributed by atoms with van der Waals surface area (Å²) in [6, 6.07) is 12.5. The highest BCUT2D eigenvalue weighted by Gasteiger charge is 2.38. The summed E-state index contributed by atoms with van der Waals surface area (Å²) in [5, 5.41) is 12.8. The van der Waals surface area contributed by atoms with Gasteiger partial charge >= 0.3 is 0 Å². The number of carbonyl (C=O) groups is 2. The lowest BCUT2D eigenvalue weighted by Gasteiger charge is -2.10. The summed E-state index contributed by atoms with van der Waals surface area (Å²) in [4.78, 5) is 32.9. The molecular formula is C21H17N7O4S. The number of nitrogens with zero attached hydrogens (tertiary/aromatic N) is 6. The third-order valence-corrected chi connectivity index (χ3v) is 5.91. The highest BCUT2D eigenvalue weighted by molar-refractivity contribution is 7.92. The van der Waals surface area contributed by atoms with Crippen LogP contribution in [0.25, 0.3) is 0 Å². The van der Waals surface area contributed by atoms with Crippen LogP contribution in [-0.4, -0.2) is 47.0 Å². The van der Waals surface area contributed by atoms with E-state index in [4.69, 9.17) is 0 Å². The van der Waals surface area contributed by atoms with Crippen molar-refractivity contribution < 1.29 is 18.0 Å². The van der Waals surface area contributed by atoms with Crippen molar-refractivity contribution in [3.05, 3.63) is 78.8 Å². The molecule has 2 amide bonds. The number of hydrazone groups is 1. The number of imide groups is 1. The summed E-state index contributed by atoms with van der Waals surface area (Å²) in [5.74, 6) is -1.05. The number of hydrogen-bond acceptors (Lipinski definition) is 9. The van der Waals surface area contributed by atoms with Crippen LogP contribution in [0.5, 0.6) is 0 Å². The number of sulfonamides is 1. The Morgan fingerprint density at radius 1 is 1.06 bits per heavy atom. The molecule has 3 heterocycles. The Balaban J connectivity index is 1.45. The SMILES string of the molecule is CC1=NN(C(=O)c2cccnc2)C(=O)C1N=Nc1ccc(S(=O)(=O)Nc2ccccn2)cc1. The van der Waals surface area contributed by atoms with Crippen LogP contribution in [0.3, 0.4) is 0 Å². The topological polar surface area (TPSA) is 146 Å². The second-order valence-corrected chi connectivity index (χ2v) is 8.55. The van der Waals surface area contributed by atoms with Crippen molar-refractivity contribution in [3.8, 4) is 0 Å². The van der Waals surface area contributed by atoms with E-state index >= 15 is 0 Å². The molecule has 1 atom stereocenters. The van der Waals surface area contributed by atoms with E-state index in [1.807, 2.05) is 0 Å². The summed E-state index contributed by atoms with van der Waals surface area (Å²) in [7, 11) is -3.83. The Bertz CT molecular complexity index is 1340. The maximum atomic E-state index is 12.6. The van der Waals surface area contributed by atoms with E-state index in [0.717, 1.165) is 5.01 Å². The van der Waals surface area contributed by atoms with Crippen LogP contribution < -0.4 is 4.72 Å². The van der Waals surface area contributed by atoms with Crippen LogP contribution in [0.2, 0.25) is 0 Å². The molecule has 1 N–H and O–H groups in total. The van der Waals surface area contributed by atoms with Crippen molar-refractivity contribution in [1.29, 1.82) is 0 Å². The molecule has 1 aromatic carbocycles. The molecular weight excluding hydrogens is 446 g/mol. The van der Waals surface area contributed by atoms with Gasteiger partial charge in [0.2, 0.25) is 0 Å². The molecule has 0 aliphatic carbocycles. The molecule has 3 aromatic rings. The molecule has 11 nitrogen and oxygen atoms in total. The lowest BCUT2D eigenvalue weighted by atomic mass is 10.2. The van der Waals surface area contributed by atoms with Gasteiger partial charge in [0.25, 0.3) is 21.8 Å². The molecule has 0 bridgehead atoms. The molecule has 0 fully saturated rings. The second-order valence-electron chi connectivity index (χ2n) is 6.87. The molecule has 0 saturated heterocycles. The van der Waals surface area contributed by atoms with Gasteiger partial charge in [-0.1, -0.05) is 6.07 Å². The smallest absolute Gasteiger partial charge is 0.269 e. The van der Waals surface area contributed by atoms with Gasteiger partial charge in [0.15, 0.2) is 6.04 Å². The van der Waals surface area contributed by atoms with Gasteiger partial charge in [0.1, 0.15) is 5.82 Å². The molecule has 33 heavy (non-hydrogen) atoms. The number of hydrogen-bond donors (Lipinski definition) is 1. The third-order valence-electron chi connectivity index (χ3n) is 4.54. The fraction of sp³-hybridized carbons (Fsp3) is 0.0952. The normalized spacial score (nSPS) is 16.2. The first kappa shape index (κ1) is 21.9. The highest BCUT2D eigenvalue weighted by Crippen LogP contribution is 2.21. The summed E-state index contributed by atoms with van der Waals surface area (Å²) in [5.41, 5.74) is 0.847. The predicted octanol–water partition coefficient (Wildman–Crippen LogP) is 2.79. The van der Waals surface area contributed by atoms with Gasteiger partial charge in [0.05, 0.1) is 21.9 Å². The maximum Gasteiger partial charge on any atom is 0.282 e. The average Bonchev–Trinajstić information content (AvgIpc) is 3.11. The van der Waals surface area contributed by atoms with E-state index in [0.29, 0.717) is 11.4 Å². The van der Waals surface area contributed by atoms with Gasteiger partial charge < -0.3 is 0 Å². The van der Waals surface area contributed by atoms with Gasteiger partial charge in [-0.05, 0) is 55.5 Å². The largest absolute Gasteiger partial charge is 0.282 e. The highest BCUT2D eigenvalue weighted by atomic mass is 32.2. The Kier molecular flexibility index (Phi) is 6.00. The molecule has 166 valence electrons. The number of azo groups is 1. The Morgan fingerprint density at radius 3 is 2.52 bits per heavy atom. The Hall–Kier alpha value is -4.32. The number of aromatic nitrogens is 2. The summed E-state index contributed by atoms with van der Waals surface area (Å²) >= 11 is 0. The van der Waals surface area contributed by atoms with Crippen molar-refractivity contribution in [2.75, 3.05) is 4.72 Å².